The Morgan fingerprint density at radius 1 is 1.67 bits per heavy atom. The molecule has 0 aromatic carbocycles. The number of hydrogen-bond donors (Lipinski definition) is 1. The quantitative estimate of drug-likeness (QED) is 0.615. The summed E-state index contributed by atoms with van der Waals surface area (Å²) in [7, 11) is 0.922. The van der Waals surface area contributed by atoms with Gasteiger partial charge in [-0.3, -0.25) is 0 Å². The number of alkyl halides is 2. The molecule has 0 bridgehead atoms. The molecule has 0 amide bonds. The molecule has 1 atom stereocenters. The second-order valence-electron chi connectivity index (χ2n) is 1.33. The van der Waals surface area contributed by atoms with E-state index in [9.17, 15) is 13.6 Å². The van der Waals surface area contributed by atoms with E-state index in [1.807, 2.05) is 0 Å². The fourth-order valence-corrected chi connectivity index (χ4v) is 0.311. The van der Waals surface area contributed by atoms with E-state index in [-0.39, 0.29) is 0 Å². The van der Waals surface area contributed by atoms with Gasteiger partial charge in [-0.25, -0.2) is 13.6 Å². The lowest BCUT2D eigenvalue weighted by atomic mass is 10.4. The van der Waals surface area contributed by atoms with Crippen molar-refractivity contribution >= 4 is 5.97 Å². The van der Waals surface area contributed by atoms with Crippen molar-refractivity contribution < 1.29 is 23.4 Å². The number of carbonyl (C=O) groups is 1. The molecule has 0 aliphatic heterocycles. The van der Waals surface area contributed by atoms with Crippen LogP contribution in [0.25, 0.3) is 0 Å². The second-order valence-corrected chi connectivity index (χ2v) is 1.33. The third kappa shape index (κ3) is 2.36. The van der Waals surface area contributed by atoms with E-state index < -0.39 is 18.5 Å². The van der Waals surface area contributed by atoms with E-state index in [4.69, 9.17) is 5.11 Å². The molecular formula is C4H6F2O3. The lowest BCUT2D eigenvalue weighted by Gasteiger charge is -2.06. The maximum atomic E-state index is 11.4. The topological polar surface area (TPSA) is 46.5 Å². The molecular weight excluding hydrogens is 134 g/mol. The first-order chi connectivity index (χ1) is 4.09. The van der Waals surface area contributed by atoms with Gasteiger partial charge in [0.2, 0.25) is 6.10 Å². The predicted molar refractivity (Wildman–Crippen MR) is 24.4 cm³/mol. The zero-order valence-electron chi connectivity index (χ0n) is 4.67. The monoisotopic (exact) mass is 140 g/mol. The van der Waals surface area contributed by atoms with Crippen LogP contribution in [0.15, 0.2) is 0 Å². The highest BCUT2D eigenvalue weighted by Crippen LogP contribution is 2.03. The lowest BCUT2D eigenvalue weighted by molar-refractivity contribution is -0.157. The van der Waals surface area contributed by atoms with E-state index in [0.717, 1.165) is 7.11 Å². The van der Waals surface area contributed by atoms with Gasteiger partial charge in [-0.1, -0.05) is 0 Å². The first kappa shape index (κ1) is 8.29. The van der Waals surface area contributed by atoms with Crippen LogP contribution in [0.3, 0.4) is 0 Å². The van der Waals surface area contributed by atoms with Crippen molar-refractivity contribution in [3.63, 3.8) is 0 Å². The van der Waals surface area contributed by atoms with Gasteiger partial charge >= 0.3 is 5.97 Å². The Morgan fingerprint density at radius 3 is 2.11 bits per heavy atom. The Balaban J connectivity index is 3.83. The van der Waals surface area contributed by atoms with E-state index in [0.29, 0.717) is 0 Å². The van der Waals surface area contributed by atoms with Gasteiger partial charge in [0, 0.05) is 7.11 Å². The van der Waals surface area contributed by atoms with E-state index >= 15 is 0 Å². The summed E-state index contributed by atoms with van der Waals surface area (Å²) >= 11 is 0. The molecule has 0 spiro atoms. The molecule has 1 N–H and O–H groups in total. The summed E-state index contributed by atoms with van der Waals surface area (Å²) in [4.78, 5) is 9.77. The van der Waals surface area contributed by atoms with Crippen molar-refractivity contribution in [2.45, 2.75) is 12.5 Å². The van der Waals surface area contributed by atoms with Gasteiger partial charge in [-0.05, 0) is 0 Å². The SMILES string of the molecule is CO[C@@H](C(=O)O)C(F)F. The van der Waals surface area contributed by atoms with Gasteiger partial charge in [-0.15, -0.1) is 0 Å². The van der Waals surface area contributed by atoms with Gasteiger partial charge < -0.3 is 9.84 Å². The van der Waals surface area contributed by atoms with Crippen molar-refractivity contribution in [1.29, 1.82) is 0 Å². The summed E-state index contributed by atoms with van der Waals surface area (Å²) in [6.45, 7) is 0. The number of carboxylic acids is 1. The second kappa shape index (κ2) is 3.34. The first-order valence-corrected chi connectivity index (χ1v) is 2.13. The third-order valence-corrected chi connectivity index (χ3v) is 0.726. The molecule has 0 aliphatic carbocycles. The largest absolute Gasteiger partial charge is 0.479 e. The molecule has 54 valence electrons. The summed E-state index contributed by atoms with van der Waals surface area (Å²) in [6, 6.07) is 0. The van der Waals surface area contributed by atoms with Crippen LogP contribution >= 0.6 is 0 Å². The maximum absolute atomic E-state index is 11.4. The van der Waals surface area contributed by atoms with Crippen LogP contribution in [-0.2, 0) is 9.53 Å². The molecule has 0 heterocycles. The van der Waals surface area contributed by atoms with Crippen molar-refractivity contribution in [3.05, 3.63) is 0 Å². The van der Waals surface area contributed by atoms with Crippen molar-refractivity contribution in [1.82, 2.24) is 0 Å². The van der Waals surface area contributed by atoms with Crippen LogP contribution in [0.2, 0.25) is 0 Å². The van der Waals surface area contributed by atoms with Crippen LogP contribution in [0.1, 0.15) is 0 Å². The highest BCUT2D eigenvalue weighted by Gasteiger charge is 2.26. The molecule has 0 radical (unpaired) electrons. The van der Waals surface area contributed by atoms with Crippen molar-refractivity contribution in [3.8, 4) is 0 Å². The summed E-state index contributed by atoms with van der Waals surface area (Å²) in [5, 5.41) is 7.94. The molecule has 9 heavy (non-hydrogen) atoms. The van der Waals surface area contributed by atoms with Crippen molar-refractivity contribution in [2.75, 3.05) is 7.11 Å². The predicted octanol–water partition coefficient (Wildman–Crippen LogP) is 0.351. The lowest BCUT2D eigenvalue weighted by Crippen LogP contribution is -2.29. The molecule has 5 heteroatoms. The van der Waals surface area contributed by atoms with Crippen LogP contribution in [-0.4, -0.2) is 30.7 Å². The zero-order chi connectivity index (χ0) is 7.44. The van der Waals surface area contributed by atoms with Crippen LogP contribution < -0.4 is 0 Å². The Hall–Kier alpha value is -0.710. The minimum Gasteiger partial charge on any atom is -0.479 e. The van der Waals surface area contributed by atoms with Gasteiger partial charge in [-0.2, -0.15) is 0 Å². The molecule has 0 aromatic rings. The van der Waals surface area contributed by atoms with Crippen LogP contribution in [0, 0.1) is 0 Å². The summed E-state index contributed by atoms with van der Waals surface area (Å²) in [6.07, 6.45) is -4.96. The van der Waals surface area contributed by atoms with Gasteiger partial charge in [0.1, 0.15) is 0 Å². The fraction of sp³-hybridized carbons (Fsp3) is 0.750. The minimum absolute atomic E-state index is 0.922. The van der Waals surface area contributed by atoms with Gasteiger partial charge in [0.05, 0.1) is 0 Å². The highest BCUT2D eigenvalue weighted by atomic mass is 19.3. The van der Waals surface area contributed by atoms with Crippen molar-refractivity contribution in [2.24, 2.45) is 0 Å². The normalized spacial score (nSPS) is 13.8. The van der Waals surface area contributed by atoms with Gasteiger partial charge in [0.15, 0.2) is 0 Å². The Labute approximate surface area is 50.2 Å². The number of hydrogen-bond acceptors (Lipinski definition) is 2. The van der Waals surface area contributed by atoms with Crippen LogP contribution in [0.4, 0.5) is 8.78 Å². The number of ether oxygens (including phenoxy) is 1. The average molecular weight is 140 g/mol. The molecule has 0 rings (SSSR count). The van der Waals surface area contributed by atoms with Crippen LogP contribution in [0.5, 0.6) is 0 Å². The number of rotatable bonds is 3. The third-order valence-electron chi connectivity index (χ3n) is 0.726. The molecule has 0 saturated carbocycles. The average Bonchev–Trinajstić information content (AvgIpc) is 1.64. The zero-order valence-corrected chi connectivity index (χ0v) is 4.67. The smallest absolute Gasteiger partial charge is 0.338 e. The maximum Gasteiger partial charge on any atom is 0.338 e. The fourth-order valence-electron chi connectivity index (χ4n) is 0.311. The number of carboxylic acid groups (broad SMARTS) is 1. The van der Waals surface area contributed by atoms with E-state index in [1.54, 1.807) is 0 Å². The Morgan fingerprint density at radius 2 is 2.11 bits per heavy atom. The summed E-state index contributed by atoms with van der Waals surface area (Å²) in [5.74, 6) is -1.65. The summed E-state index contributed by atoms with van der Waals surface area (Å²) in [5.41, 5.74) is 0. The molecule has 0 aliphatic rings. The van der Waals surface area contributed by atoms with E-state index in [1.165, 1.54) is 0 Å². The minimum atomic E-state index is -2.97. The molecule has 0 saturated heterocycles. The molecule has 0 aromatic heterocycles. The molecule has 3 nitrogen and oxygen atoms in total. The number of halogens is 2. The first-order valence-electron chi connectivity index (χ1n) is 2.13. The molecule has 0 unspecified atom stereocenters. The van der Waals surface area contributed by atoms with E-state index in [2.05, 4.69) is 4.74 Å². The Bertz CT molecular complexity index is 104. The number of aliphatic carboxylic acids is 1. The Kier molecular flexibility index (Phi) is 3.08. The number of methoxy groups -OCH3 is 1. The molecule has 0 fully saturated rings. The standard InChI is InChI=1S/C4H6F2O3/c1-9-2(3(5)6)4(7)8/h2-3H,1H3,(H,7,8)/t2-/m1/s1. The highest BCUT2D eigenvalue weighted by molar-refractivity contribution is 5.72. The van der Waals surface area contributed by atoms with Gasteiger partial charge in [0.25, 0.3) is 6.43 Å². The summed E-state index contributed by atoms with van der Waals surface area (Å²) < 4.78 is 26.8.